The van der Waals surface area contributed by atoms with Gasteiger partial charge >= 0.3 is 0 Å². The minimum absolute atomic E-state index is 0.154. The van der Waals surface area contributed by atoms with E-state index < -0.39 is 0 Å². The first-order valence-corrected chi connectivity index (χ1v) is 10.1. The quantitative estimate of drug-likeness (QED) is 0.344. The molecule has 3 rings (SSSR count). The molecule has 1 heterocycles. The lowest BCUT2D eigenvalue weighted by molar-refractivity contribution is 0.284. The van der Waals surface area contributed by atoms with Crippen LogP contribution in [0.15, 0.2) is 52.4 Å². The molecule has 1 aromatic heterocycles. The Labute approximate surface area is 167 Å². The van der Waals surface area contributed by atoms with Gasteiger partial charge in [-0.15, -0.1) is 0 Å². The number of aliphatic hydroxyl groups is 1. The Balaban J connectivity index is 2.11. The van der Waals surface area contributed by atoms with Gasteiger partial charge in [0.1, 0.15) is 5.75 Å². The van der Waals surface area contributed by atoms with Crippen LogP contribution >= 0.6 is 23.4 Å². The zero-order valence-electron chi connectivity index (χ0n) is 15.0. The van der Waals surface area contributed by atoms with Crippen molar-refractivity contribution < 1.29 is 9.84 Å². The number of ether oxygens (including phenoxy) is 1. The predicted molar refractivity (Wildman–Crippen MR) is 111 cm³/mol. The van der Waals surface area contributed by atoms with Crippen LogP contribution in [0.25, 0.3) is 16.6 Å². The Kier molecular flexibility index (Phi) is 6.77. The largest absolute Gasteiger partial charge is 0.495 e. The van der Waals surface area contributed by atoms with Gasteiger partial charge in [-0.2, -0.15) is 0 Å². The van der Waals surface area contributed by atoms with Crippen LogP contribution in [-0.2, 0) is 0 Å². The van der Waals surface area contributed by atoms with Gasteiger partial charge in [-0.3, -0.25) is 9.36 Å². The summed E-state index contributed by atoms with van der Waals surface area (Å²) >= 11 is 7.61. The number of fused-ring (bicyclic) bond motifs is 1. The third-order valence-electron chi connectivity index (χ3n) is 4.16. The van der Waals surface area contributed by atoms with E-state index in [4.69, 9.17) is 26.4 Å². The zero-order valence-corrected chi connectivity index (χ0v) is 16.6. The number of thioether (sulfide) groups is 1. The van der Waals surface area contributed by atoms with Crippen LogP contribution in [0.1, 0.15) is 19.3 Å². The number of benzene rings is 2. The smallest absolute Gasteiger partial charge is 0.266 e. The third kappa shape index (κ3) is 4.46. The summed E-state index contributed by atoms with van der Waals surface area (Å²) < 4.78 is 7.06. The fraction of sp³-hybridized carbons (Fsp3) is 0.300. The molecule has 0 spiro atoms. The first-order chi connectivity index (χ1) is 13.2. The molecule has 0 unspecified atom stereocenters. The third-order valence-corrected chi connectivity index (χ3v) is 5.42. The number of aliphatic hydroxyl groups excluding tert-OH is 1. The maximum atomic E-state index is 13.2. The summed E-state index contributed by atoms with van der Waals surface area (Å²) in [5.41, 5.74) is 1.09. The summed E-state index contributed by atoms with van der Waals surface area (Å²) in [5.74, 6) is 1.41. The highest BCUT2D eigenvalue weighted by Crippen LogP contribution is 2.28. The van der Waals surface area contributed by atoms with Crippen LogP contribution in [0.2, 0.25) is 5.02 Å². The van der Waals surface area contributed by atoms with E-state index in [0.29, 0.717) is 32.5 Å². The van der Waals surface area contributed by atoms with Gasteiger partial charge < -0.3 is 9.84 Å². The SMILES string of the molecule is COc1ccccc1-n1c(SCCCCCO)nc2cc(Cl)ccc2c1=O. The molecule has 7 heteroatoms. The van der Waals surface area contributed by atoms with Crippen molar-refractivity contribution in [1.82, 2.24) is 9.55 Å². The molecule has 0 aliphatic carbocycles. The zero-order chi connectivity index (χ0) is 19.2. The number of rotatable bonds is 8. The molecular weight excluding hydrogens is 384 g/mol. The van der Waals surface area contributed by atoms with Gasteiger partial charge in [0.25, 0.3) is 5.56 Å². The lowest BCUT2D eigenvalue weighted by Gasteiger charge is -2.15. The van der Waals surface area contributed by atoms with Crippen molar-refractivity contribution in [2.24, 2.45) is 0 Å². The summed E-state index contributed by atoms with van der Waals surface area (Å²) in [5, 5.41) is 10.6. The minimum atomic E-state index is -0.154. The summed E-state index contributed by atoms with van der Waals surface area (Å²) in [6.45, 7) is 0.198. The number of nitrogens with zero attached hydrogens (tertiary/aromatic N) is 2. The Morgan fingerprint density at radius 2 is 2.00 bits per heavy atom. The number of halogens is 1. The van der Waals surface area contributed by atoms with Crippen LogP contribution in [0.3, 0.4) is 0 Å². The molecule has 0 saturated carbocycles. The Morgan fingerprint density at radius 1 is 1.19 bits per heavy atom. The highest BCUT2D eigenvalue weighted by Gasteiger charge is 2.16. The van der Waals surface area contributed by atoms with E-state index in [1.54, 1.807) is 29.9 Å². The average Bonchev–Trinajstić information content (AvgIpc) is 2.68. The van der Waals surface area contributed by atoms with Crippen molar-refractivity contribution in [2.45, 2.75) is 24.4 Å². The van der Waals surface area contributed by atoms with Crippen molar-refractivity contribution in [2.75, 3.05) is 19.5 Å². The van der Waals surface area contributed by atoms with E-state index in [1.807, 2.05) is 24.3 Å². The summed E-state index contributed by atoms with van der Waals surface area (Å²) in [7, 11) is 1.58. The highest BCUT2D eigenvalue weighted by atomic mass is 35.5. The van der Waals surface area contributed by atoms with Crippen LogP contribution < -0.4 is 10.3 Å². The maximum Gasteiger partial charge on any atom is 0.266 e. The summed E-state index contributed by atoms with van der Waals surface area (Å²) in [6, 6.07) is 12.5. The first kappa shape index (κ1) is 19.7. The van der Waals surface area contributed by atoms with Crippen molar-refractivity contribution in [3.05, 3.63) is 57.8 Å². The molecule has 5 nitrogen and oxygen atoms in total. The van der Waals surface area contributed by atoms with Gasteiger partial charge in [0.15, 0.2) is 5.16 Å². The molecule has 0 aliphatic heterocycles. The standard InChI is InChI=1S/C20H21ClN2O3S/c1-26-18-8-4-3-7-17(18)23-19(25)15-10-9-14(21)13-16(15)22-20(23)27-12-6-2-5-11-24/h3-4,7-10,13,24H,2,5-6,11-12H2,1H3. The van der Waals surface area contributed by atoms with Gasteiger partial charge in [0.05, 0.1) is 23.7 Å². The van der Waals surface area contributed by atoms with E-state index >= 15 is 0 Å². The Bertz CT molecular complexity index is 991. The fourth-order valence-electron chi connectivity index (χ4n) is 2.82. The summed E-state index contributed by atoms with van der Waals surface area (Å²) in [6.07, 6.45) is 2.64. The van der Waals surface area contributed by atoms with Gasteiger partial charge in [0, 0.05) is 17.4 Å². The lowest BCUT2D eigenvalue weighted by Crippen LogP contribution is -2.22. The fourth-order valence-corrected chi connectivity index (χ4v) is 3.99. The molecule has 0 fully saturated rings. The second kappa shape index (κ2) is 9.26. The van der Waals surface area contributed by atoms with Crippen molar-refractivity contribution in [3.8, 4) is 11.4 Å². The predicted octanol–water partition coefficient (Wildman–Crippen LogP) is 4.30. The topological polar surface area (TPSA) is 64.3 Å². The van der Waals surface area contributed by atoms with Crippen LogP contribution in [-0.4, -0.2) is 34.1 Å². The normalized spacial score (nSPS) is 11.1. The number of unbranched alkanes of at least 4 members (excludes halogenated alkanes) is 2. The van der Waals surface area contributed by atoms with Gasteiger partial charge in [-0.05, 0) is 43.2 Å². The molecule has 0 atom stereocenters. The van der Waals surface area contributed by atoms with E-state index in [0.717, 1.165) is 25.0 Å². The first-order valence-electron chi connectivity index (χ1n) is 8.75. The molecule has 1 N–H and O–H groups in total. The number of methoxy groups -OCH3 is 1. The number of hydrogen-bond acceptors (Lipinski definition) is 5. The average molecular weight is 405 g/mol. The van der Waals surface area contributed by atoms with Crippen LogP contribution in [0, 0.1) is 0 Å². The van der Waals surface area contributed by atoms with E-state index in [-0.39, 0.29) is 12.2 Å². The lowest BCUT2D eigenvalue weighted by atomic mass is 10.2. The van der Waals surface area contributed by atoms with Crippen molar-refractivity contribution in [3.63, 3.8) is 0 Å². The van der Waals surface area contributed by atoms with Crippen molar-refractivity contribution >= 4 is 34.3 Å². The number of aromatic nitrogens is 2. The van der Waals surface area contributed by atoms with Gasteiger partial charge in [-0.25, -0.2) is 4.98 Å². The van der Waals surface area contributed by atoms with Crippen LogP contribution in [0.4, 0.5) is 0 Å². The molecular formula is C20H21ClN2O3S. The van der Waals surface area contributed by atoms with E-state index in [1.165, 1.54) is 11.8 Å². The molecule has 142 valence electrons. The molecule has 0 aliphatic rings. The number of hydrogen-bond donors (Lipinski definition) is 1. The Hall–Kier alpha value is -2.02. The maximum absolute atomic E-state index is 13.2. The minimum Gasteiger partial charge on any atom is -0.495 e. The second-order valence-electron chi connectivity index (χ2n) is 6.00. The van der Waals surface area contributed by atoms with Crippen LogP contribution in [0.5, 0.6) is 5.75 Å². The highest BCUT2D eigenvalue weighted by molar-refractivity contribution is 7.99. The van der Waals surface area contributed by atoms with Gasteiger partial charge in [0.2, 0.25) is 0 Å². The second-order valence-corrected chi connectivity index (χ2v) is 7.50. The molecule has 0 bridgehead atoms. The van der Waals surface area contributed by atoms with Gasteiger partial charge in [-0.1, -0.05) is 41.9 Å². The Morgan fingerprint density at radius 3 is 2.78 bits per heavy atom. The van der Waals surface area contributed by atoms with E-state index in [9.17, 15) is 4.79 Å². The molecule has 2 aromatic carbocycles. The molecule has 3 aromatic rings. The summed E-state index contributed by atoms with van der Waals surface area (Å²) in [4.78, 5) is 17.9. The molecule has 27 heavy (non-hydrogen) atoms. The van der Waals surface area contributed by atoms with E-state index in [2.05, 4.69) is 0 Å². The molecule has 0 saturated heterocycles. The number of para-hydroxylation sites is 2. The molecule has 0 radical (unpaired) electrons. The van der Waals surface area contributed by atoms with Crippen molar-refractivity contribution in [1.29, 1.82) is 0 Å². The monoisotopic (exact) mass is 404 g/mol. The molecule has 0 amide bonds.